The van der Waals surface area contributed by atoms with Crippen molar-refractivity contribution in [3.63, 3.8) is 0 Å². The van der Waals surface area contributed by atoms with Gasteiger partial charge in [-0.15, -0.1) is 11.3 Å². The molecule has 0 fully saturated rings. The van der Waals surface area contributed by atoms with Gasteiger partial charge in [-0.3, -0.25) is 4.79 Å². The van der Waals surface area contributed by atoms with Gasteiger partial charge in [-0.05, 0) is 36.4 Å². The highest BCUT2D eigenvalue weighted by Crippen LogP contribution is 2.25. The molecule has 2 rings (SSSR count). The number of hydrogen-bond donors (Lipinski definition) is 0. The minimum atomic E-state index is -2.52. The monoisotopic (exact) mass is 405 g/mol. The van der Waals surface area contributed by atoms with Gasteiger partial charge in [-0.25, -0.2) is 4.79 Å². The van der Waals surface area contributed by atoms with Gasteiger partial charge in [0, 0.05) is 16.8 Å². The lowest BCUT2D eigenvalue weighted by Crippen LogP contribution is -2.30. The van der Waals surface area contributed by atoms with Gasteiger partial charge in [0.2, 0.25) is 0 Å². The maximum atomic E-state index is 12.2. The fourth-order valence-corrected chi connectivity index (χ4v) is 3.49. The van der Waals surface area contributed by atoms with E-state index in [1.165, 1.54) is 40.5 Å². The Bertz CT molecular complexity index is 737. The van der Waals surface area contributed by atoms with E-state index in [0.717, 1.165) is 4.88 Å². The van der Waals surface area contributed by atoms with Gasteiger partial charge in [0.15, 0.2) is 6.61 Å². The normalized spacial score (nSPS) is 10.8. The minimum absolute atomic E-state index is 0.194. The largest absolute Gasteiger partial charge is 0.452 e. The Labute approximate surface area is 156 Å². The lowest BCUT2D eigenvalue weighted by atomic mass is 10.2. The Morgan fingerprint density at radius 3 is 2.48 bits per heavy atom. The van der Waals surface area contributed by atoms with Crippen molar-refractivity contribution >= 4 is 46.6 Å². The van der Waals surface area contributed by atoms with E-state index < -0.39 is 18.3 Å². The third-order valence-electron chi connectivity index (χ3n) is 3.09. The van der Waals surface area contributed by atoms with E-state index in [0.29, 0.717) is 27.5 Å². The molecule has 0 saturated carbocycles. The van der Waals surface area contributed by atoms with Gasteiger partial charge in [-0.1, -0.05) is 23.4 Å². The second-order valence-electron chi connectivity index (χ2n) is 4.93. The molecule has 1 aromatic carbocycles. The van der Waals surface area contributed by atoms with Crippen molar-refractivity contribution in [2.75, 3.05) is 13.7 Å². The molecular weight excluding hydrogens is 392 g/mol. The third-order valence-corrected chi connectivity index (χ3v) is 5.03. The van der Waals surface area contributed by atoms with Crippen LogP contribution in [0.3, 0.4) is 0 Å². The van der Waals surface area contributed by atoms with Crippen molar-refractivity contribution in [3.8, 4) is 0 Å². The second kappa shape index (κ2) is 9.17. The molecule has 134 valence electrons. The summed E-state index contributed by atoms with van der Waals surface area (Å²) in [6.45, 7) is -0.0324. The highest BCUT2D eigenvalue weighted by molar-refractivity contribution is 7.99. The van der Waals surface area contributed by atoms with E-state index in [4.69, 9.17) is 16.3 Å². The number of thiophene rings is 1. The van der Waals surface area contributed by atoms with Gasteiger partial charge in [0.05, 0.1) is 16.4 Å². The predicted octanol–water partition coefficient (Wildman–Crippen LogP) is 4.53. The predicted molar refractivity (Wildman–Crippen MR) is 94.4 cm³/mol. The standard InChI is InChI=1S/C16H14ClF2NO3S2/c1-20(8-12-6-7-13(17)24-12)14(21)9-23-15(22)10-2-4-11(5-3-10)25-16(18)19/h2-7,16H,8-9H2,1H3. The molecule has 0 unspecified atom stereocenters. The van der Waals surface area contributed by atoms with Crippen molar-refractivity contribution in [2.24, 2.45) is 0 Å². The van der Waals surface area contributed by atoms with E-state index in [2.05, 4.69) is 0 Å². The Hall–Kier alpha value is -1.64. The van der Waals surface area contributed by atoms with Gasteiger partial charge in [0.25, 0.3) is 11.7 Å². The molecule has 1 amide bonds. The first-order chi connectivity index (χ1) is 11.8. The van der Waals surface area contributed by atoms with Crippen LogP contribution in [0.2, 0.25) is 4.34 Å². The van der Waals surface area contributed by atoms with Crippen LogP contribution in [-0.2, 0) is 16.1 Å². The zero-order chi connectivity index (χ0) is 18.4. The number of benzene rings is 1. The molecule has 1 aromatic heterocycles. The SMILES string of the molecule is CN(Cc1ccc(Cl)s1)C(=O)COC(=O)c1ccc(SC(F)F)cc1. The lowest BCUT2D eigenvalue weighted by molar-refractivity contribution is -0.133. The summed E-state index contributed by atoms with van der Waals surface area (Å²) in [5, 5.41) is 0. The molecule has 4 nitrogen and oxygen atoms in total. The van der Waals surface area contributed by atoms with Crippen LogP contribution in [-0.4, -0.2) is 36.2 Å². The van der Waals surface area contributed by atoms with Crippen molar-refractivity contribution in [2.45, 2.75) is 17.2 Å². The Kier molecular flexibility index (Phi) is 7.22. The summed E-state index contributed by atoms with van der Waals surface area (Å²) >= 11 is 7.59. The Morgan fingerprint density at radius 2 is 1.92 bits per heavy atom. The van der Waals surface area contributed by atoms with Crippen LogP contribution < -0.4 is 0 Å². The first kappa shape index (κ1) is 19.7. The van der Waals surface area contributed by atoms with Crippen molar-refractivity contribution in [1.82, 2.24) is 4.90 Å². The average Bonchev–Trinajstić information content (AvgIpc) is 2.97. The van der Waals surface area contributed by atoms with Crippen molar-refractivity contribution in [3.05, 3.63) is 51.2 Å². The number of carbonyl (C=O) groups is 2. The Balaban J connectivity index is 1.83. The molecule has 0 atom stereocenters. The first-order valence-electron chi connectivity index (χ1n) is 7.05. The molecule has 0 spiro atoms. The van der Waals surface area contributed by atoms with Crippen LogP contribution in [0.4, 0.5) is 8.78 Å². The van der Waals surface area contributed by atoms with E-state index in [1.807, 2.05) is 6.07 Å². The van der Waals surface area contributed by atoms with E-state index in [9.17, 15) is 18.4 Å². The zero-order valence-electron chi connectivity index (χ0n) is 13.1. The van der Waals surface area contributed by atoms with Gasteiger partial charge in [-0.2, -0.15) is 8.78 Å². The number of esters is 1. The number of amides is 1. The molecule has 0 aliphatic carbocycles. The van der Waals surface area contributed by atoms with Crippen molar-refractivity contribution < 1.29 is 23.1 Å². The molecule has 25 heavy (non-hydrogen) atoms. The quantitative estimate of drug-likeness (QED) is 0.501. The maximum absolute atomic E-state index is 12.2. The minimum Gasteiger partial charge on any atom is -0.452 e. The van der Waals surface area contributed by atoms with E-state index in [1.54, 1.807) is 13.1 Å². The molecule has 9 heteroatoms. The fraction of sp³-hybridized carbons (Fsp3) is 0.250. The second-order valence-corrected chi connectivity index (χ2v) is 7.80. The highest BCUT2D eigenvalue weighted by atomic mass is 35.5. The number of nitrogens with zero attached hydrogens (tertiary/aromatic N) is 1. The molecule has 0 saturated heterocycles. The number of rotatable bonds is 7. The number of alkyl halides is 2. The number of ether oxygens (including phenoxy) is 1. The maximum Gasteiger partial charge on any atom is 0.338 e. The third kappa shape index (κ3) is 6.30. The number of likely N-dealkylation sites (N-methyl/N-ethyl adjacent to an activating group) is 1. The number of carbonyl (C=O) groups excluding carboxylic acids is 2. The van der Waals surface area contributed by atoms with Crippen LogP contribution >= 0.6 is 34.7 Å². The topological polar surface area (TPSA) is 46.6 Å². The fourth-order valence-electron chi connectivity index (χ4n) is 1.85. The van der Waals surface area contributed by atoms with E-state index >= 15 is 0 Å². The summed E-state index contributed by atoms with van der Waals surface area (Å²) < 4.78 is 30.1. The number of thioether (sulfide) groups is 1. The summed E-state index contributed by atoms with van der Waals surface area (Å²) in [6, 6.07) is 9.14. The van der Waals surface area contributed by atoms with Crippen LogP contribution in [0.25, 0.3) is 0 Å². The molecule has 0 aliphatic heterocycles. The summed E-state index contributed by atoms with van der Waals surface area (Å²) in [4.78, 5) is 26.6. The zero-order valence-corrected chi connectivity index (χ0v) is 15.5. The van der Waals surface area contributed by atoms with Crippen molar-refractivity contribution in [1.29, 1.82) is 0 Å². The van der Waals surface area contributed by atoms with Gasteiger partial charge in [0.1, 0.15) is 0 Å². The van der Waals surface area contributed by atoms with Gasteiger partial charge < -0.3 is 9.64 Å². The molecular formula is C16H14ClF2NO3S2. The number of halogens is 3. The summed E-state index contributed by atoms with van der Waals surface area (Å²) in [6.07, 6.45) is 0. The van der Waals surface area contributed by atoms with Crippen LogP contribution in [0.1, 0.15) is 15.2 Å². The molecule has 0 N–H and O–H groups in total. The molecule has 2 aromatic rings. The number of hydrogen-bond acceptors (Lipinski definition) is 5. The van der Waals surface area contributed by atoms with Crippen LogP contribution in [0, 0.1) is 0 Å². The van der Waals surface area contributed by atoms with E-state index in [-0.39, 0.29) is 11.5 Å². The average molecular weight is 406 g/mol. The summed E-state index contributed by atoms with van der Waals surface area (Å²) in [5.41, 5.74) is 0.194. The summed E-state index contributed by atoms with van der Waals surface area (Å²) in [5.74, 6) is -3.57. The Morgan fingerprint density at radius 1 is 1.24 bits per heavy atom. The highest BCUT2D eigenvalue weighted by Gasteiger charge is 2.15. The molecule has 0 aliphatic rings. The van der Waals surface area contributed by atoms with Crippen LogP contribution in [0.15, 0.2) is 41.3 Å². The van der Waals surface area contributed by atoms with Crippen LogP contribution in [0.5, 0.6) is 0 Å². The van der Waals surface area contributed by atoms with Gasteiger partial charge >= 0.3 is 5.97 Å². The molecule has 0 bridgehead atoms. The molecule has 0 radical (unpaired) electrons. The smallest absolute Gasteiger partial charge is 0.338 e. The summed E-state index contributed by atoms with van der Waals surface area (Å²) in [7, 11) is 1.60. The lowest BCUT2D eigenvalue weighted by Gasteiger charge is -2.16. The molecule has 1 heterocycles. The first-order valence-corrected chi connectivity index (χ1v) is 9.12.